The summed E-state index contributed by atoms with van der Waals surface area (Å²) in [4.78, 5) is 0. The van der Waals surface area contributed by atoms with E-state index in [1.807, 2.05) is 0 Å². The molecule has 0 aliphatic carbocycles. The third kappa shape index (κ3) is 1.90. The molecule has 2 rings (SSSR count). The first-order chi connectivity index (χ1) is 4.86. The molecule has 0 saturated carbocycles. The molecular weight excluding hydrogens is 219 g/mol. The van der Waals surface area contributed by atoms with Gasteiger partial charge in [-0.05, 0) is 23.2 Å². The van der Waals surface area contributed by atoms with Crippen LogP contribution in [0.2, 0.25) is 0 Å². The van der Waals surface area contributed by atoms with Crippen molar-refractivity contribution >= 4 is 12.9 Å². The van der Waals surface area contributed by atoms with E-state index in [1.54, 1.807) is 13.5 Å². The Morgan fingerprint density at radius 1 is 1.45 bits per heavy atom. The Bertz CT molecular complexity index is 267. The first-order valence-corrected chi connectivity index (χ1v) is 3.09. The molecule has 0 bridgehead atoms. The Morgan fingerprint density at radius 2 is 2.27 bits per heavy atom. The number of hydrogen-bond acceptors (Lipinski definition) is 1. The van der Waals surface area contributed by atoms with E-state index in [-0.39, 0.29) is 38.5 Å². The molecule has 1 aromatic rings. The van der Waals surface area contributed by atoms with E-state index >= 15 is 0 Å². The SMILES string of the molecule is Fc1ccc2c(c1)CO[B]2.[Y]. The molecule has 1 aromatic carbocycles. The molecule has 1 aliphatic heterocycles. The van der Waals surface area contributed by atoms with Crippen molar-refractivity contribution in [2.45, 2.75) is 6.61 Å². The predicted molar refractivity (Wildman–Crippen MR) is 36.6 cm³/mol. The fraction of sp³-hybridized carbons (Fsp3) is 0.143. The molecule has 0 saturated heterocycles. The molecule has 0 N–H and O–H groups in total. The molecule has 1 nitrogen and oxygen atoms in total. The summed E-state index contributed by atoms with van der Waals surface area (Å²) < 4.78 is 17.5. The molecule has 0 spiro atoms. The van der Waals surface area contributed by atoms with Crippen molar-refractivity contribution < 1.29 is 41.8 Å². The summed E-state index contributed by atoms with van der Waals surface area (Å²) in [6, 6.07) is 4.65. The third-order valence-electron chi connectivity index (χ3n) is 1.55. The number of hydrogen-bond donors (Lipinski definition) is 0. The molecule has 0 fully saturated rings. The van der Waals surface area contributed by atoms with Gasteiger partial charge < -0.3 is 4.65 Å². The van der Waals surface area contributed by atoms with Crippen LogP contribution in [0.4, 0.5) is 4.39 Å². The minimum absolute atomic E-state index is 0. The number of rotatable bonds is 0. The second-order valence-corrected chi connectivity index (χ2v) is 2.27. The second-order valence-electron chi connectivity index (χ2n) is 2.27. The minimum Gasteiger partial charge on any atom is -0.430 e. The molecule has 1 aliphatic rings. The Labute approximate surface area is 90.5 Å². The Kier molecular flexibility index (Phi) is 3.23. The summed E-state index contributed by atoms with van der Waals surface area (Å²) in [7, 11) is 1.65. The van der Waals surface area contributed by atoms with Crippen LogP contribution in [-0.2, 0) is 44.0 Å². The third-order valence-corrected chi connectivity index (χ3v) is 1.55. The normalized spacial score (nSPS) is 13.2. The van der Waals surface area contributed by atoms with Crippen molar-refractivity contribution in [1.82, 2.24) is 0 Å². The number of fused-ring (bicyclic) bond motifs is 1. The van der Waals surface area contributed by atoms with Gasteiger partial charge in [-0.2, -0.15) is 0 Å². The quantitative estimate of drug-likeness (QED) is 0.586. The van der Waals surface area contributed by atoms with E-state index in [0.29, 0.717) is 6.61 Å². The van der Waals surface area contributed by atoms with Crippen molar-refractivity contribution in [3.8, 4) is 0 Å². The van der Waals surface area contributed by atoms with Gasteiger partial charge in [0.2, 0.25) is 0 Å². The fourth-order valence-corrected chi connectivity index (χ4v) is 1.04. The average Bonchev–Trinajstić information content (AvgIpc) is 2.33. The van der Waals surface area contributed by atoms with Crippen molar-refractivity contribution in [3.63, 3.8) is 0 Å². The fourth-order valence-electron chi connectivity index (χ4n) is 1.04. The van der Waals surface area contributed by atoms with Gasteiger partial charge in [0, 0.05) is 32.7 Å². The van der Waals surface area contributed by atoms with Gasteiger partial charge in [-0.3, -0.25) is 0 Å². The zero-order valence-corrected chi connectivity index (χ0v) is 8.72. The molecule has 4 heteroatoms. The summed E-state index contributed by atoms with van der Waals surface area (Å²) in [5, 5.41) is 0. The summed E-state index contributed by atoms with van der Waals surface area (Å²) in [6.07, 6.45) is 0. The summed E-state index contributed by atoms with van der Waals surface area (Å²) in [5.74, 6) is -0.197. The van der Waals surface area contributed by atoms with Crippen LogP contribution in [0.15, 0.2) is 18.2 Å². The largest absolute Gasteiger partial charge is 0.430 e. The topological polar surface area (TPSA) is 9.23 Å². The summed E-state index contributed by atoms with van der Waals surface area (Å²) in [5.41, 5.74) is 1.92. The molecule has 52 valence electrons. The van der Waals surface area contributed by atoms with Crippen LogP contribution in [-0.4, -0.2) is 7.48 Å². The smallest absolute Gasteiger partial charge is 0.330 e. The summed E-state index contributed by atoms with van der Waals surface area (Å²) >= 11 is 0. The van der Waals surface area contributed by atoms with Gasteiger partial charge in [0.1, 0.15) is 5.82 Å². The zero-order valence-electron chi connectivity index (χ0n) is 5.88. The zero-order chi connectivity index (χ0) is 6.97. The Hall–Kier alpha value is 0.279. The van der Waals surface area contributed by atoms with Crippen LogP contribution in [0.5, 0.6) is 0 Å². The van der Waals surface area contributed by atoms with E-state index < -0.39 is 0 Å². The van der Waals surface area contributed by atoms with Gasteiger partial charge in [-0.15, -0.1) is 0 Å². The van der Waals surface area contributed by atoms with Gasteiger partial charge in [0.25, 0.3) is 0 Å². The molecule has 2 radical (unpaired) electrons. The molecule has 0 atom stereocenters. The van der Waals surface area contributed by atoms with Crippen LogP contribution < -0.4 is 5.46 Å². The Morgan fingerprint density at radius 3 is 3.09 bits per heavy atom. The van der Waals surface area contributed by atoms with Crippen LogP contribution >= 0.6 is 0 Å². The molecule has 0 aromatic heterocycles. The van der Waals surface area contributed by atoms with Crippen molar-refractivity contribution in [2.24, 2.45) is 0 Å². The first kappa shape index (κ1) is 9.37. The van der Waals surface area contributed by atoms with E-state index in [2.05, 4.69) is 0 Å². The van der Waals surface area contributed by atoms with Crippen LogP contribution in [0.1, 0.15) is 5.56 Å². The maximum absolute atomic E-state index is 12.5. The number of halogens is 1. The second kappa shape index (κ2) is 3.79. The molecular formula is C7H5BFOY. The maximum Gasteiger partial charge on any atom is 0.330 e. The van der Waals surface area contributed by atoms with Crippen LogP contribution in [0, 0.1) is 5.82 Å². The predicted octanol–water partition coefficient (Wildman–Crippen LogP) is 0.598. The van der Waals surface area contributed by atoms with Crippen LogP contribution in [0.25, 0.3) is 0 Å². The molecule has 0 amide bonds. The van der Waals surface area contributed by atoms with Gasteiger partial charge in [-0.1, -0.05) is 6.07 Å². The monoisotopic (exact) mass is 224 g/mol. The van der Waals surface area contributed by atoms with E-state index in [4.69, 9.17) is 4.65 Å². The summed E-state index contributed by atoms with van der Waals surface area (Å²) in [6.45, 7) is 0.507. The van der Waals surface area contributed by atoms with Crippen LogP contribution in [0.3, 0.4) is 0 Å². The maximum atomic E-state index is 12.5. The van der Waals surface area contributed by atoms with Gasteiger partial charge in [0.05, 0.1) is 6.61 Å². The first-order valence-electron chi connectivity index (χ1n) is 3.09. The number of benzene rings is 1. The average molecular weight is 224 g/mol. The van der Waals surface area contributed by atoms with Gasteiger partial charge in [-0.25, -0.2) is 4.39 Å². The molecule has 0 unspecified atom stereocenters. The van der Waals surface area contributed by atoms with Crippen molar-refractivity contribution in [2.75, 3.05) is 0 Å². The van der Waals surface area contributed by atoms with E-state index in [0.717, 1.165) is 11.0 Å². The standard InChI is InChI=1S/C7H5BFO.Y/c9-6-1-2-7-5(3-6)4-10-8-7;/h1-3H,4H2;. The van der Waals surface area contributed by atoms with E-state index in [1.165, 1.54) is 12.1 Å². The van der Waals surface area contributed by atoms with Gasteiger partial charge >= 0.3 is 7.48 Å². The minimum atomic E-state index is -0.197. The Balaban J connectivity index is 0.000000605. The van der Waals surface area contributed by atoms with Crippen molar-refractivity contribution in [3.05, 3.63) is 29.6 Å². The van der Waals surface area contributed by atoms with Gasteiger partial charge in [0.15, 0.2) is 0 Å². The molecule has 1 heterocycles. The van der Waals surface area contributed by atoms with E-state index in [9.17, 15) is 4.39 Å². The molecule has 11 heavy (non-hydrogen) atoms. The van der Waals surface area contributed by atoms with Crippen molar-refractivity contribution in [1.29, 1.82) is 0 Å².